The van der Waals surface area contributed by atoms with Crippen LogP contribution < -0.4 is 5.32 Å². The Kier molecular flexibility index (Phi) is 51.1. The SMILES string of the molecule is CCC/C=C/C=C/C=C/C=C/C=C/CCCCCCCC(=O)OC(CCCCCCC/C=C/CCCCCCCC)CC(=O)NC(CO)C(O)CCCCCCCCCCCCCCCC. The van der Waals surface area contributed by atoms with Gasteiger partial charge >= 0.3 is 5.97 Å². The zero-order valence-corrected chi connectivity index (χ0v) is 43.6. The highest BCUT2D eigenvalue weighted by Crippen LogP contribution is 2.18. The predicted molar refractivity (Wildman–Crippen MR) is 287 cm³/mol. The van der Waals surface area contributed by atoms with Crippen molar-refractivity contribution in [2.24, 2.45) is 0 Å². The van der Waals surface area contributed by atoms with Gasteiger partial charge in [0.1, 0.15) is 6.10 Å². The van der Waals surface area contributed by atoms with Gasteiger partial charge < -0.3 is 20.3 Å². The largest absolute Gasteiger partial charge is 0.462 e. The molecular formula is C60H107NO5. The van der Waals surface area contributed by atoms with Crippen LogP contribution in [0.15, 0.2) is 72.9 Å². The van der Waals surface area contributed by atoms with Crippen LogP contribution in [0.5, 0.6) is 0 Å². The van der Waals surface area contributed by atoms with E-state index in [9.17, 15) is 19.8 Å². The molecule has 0 saturated carbocycles. The Labute approximate surface area is 409 Å². The summed E-state index contributed by atoms with van der Waals surface area (Å²) >= 11 is 0. The van der Waals surface area contributed by atoms with Crippen LogP contribution in [0.25, 0.3) is 0 Å². The van der Waals surface area contributed by atoms with Gasteiger partial charge in [0.05, 0.1) is 25.2 Å². The lowest BCUT2D eigenvalue weighted by Gasteiger charge is -2.24. The summed E-state index contributed by atoms with van der Waals surface area (Å²) in [5.74, 6) is -0.507. The predicted octanol–water partition coefficient (Wildman–Crippen LogP) is 17.3. The number of ether oxygens (including phenoxy) is 1. The summed E-state index contributed by atoms with van der Waals surface area (Å²) in [4.78, 5) is 26.3. The molecule has 0 rings (SSSR count). The van der Waals surface area contributed by atoms with Crippen molar-refractivity contribution in [3.8, 4) is 0 Å². The van der Waals surface area contributed by atoms with Crippen LogP contribution in [0, 0.1) is 0 Å². The molecule has 3 atom stereocenters. The lowest BCUT2D eigenvalue weighted by atomic mass is 10.0. The Bertz CT molecular complexity index is 1220. The van der Waals surface area contributed by atoms with E-state index in [-0.39, 0.29) is 24.9 Å². The number of aliphatic hydroxyl groups is 2. The monoisotopic (exact) mass is 922 g/mol. The molecule has 3 N–H and O–H groups in total. The van der Waals surface area contributed by atoms with Crippen LogP contribution in [-0.4, -0.2) is 46.9 Å². The van der Waals surface area contributed by atoms with Crippen molar-refractivity contribution in [1.82, 2.24) is 5.32 Å². The Morgan fingerprint density at radius 2 is 0.818 bits per heavy atom. The lowest BCUT2D eigenvalue weighted by molar-refractivity contribution is -0.151. The highest BCUT2D eigenvalue weighted by atomic mass is 16.5. The standard InChI is InChI=1S/C60H107NO5/c1-4-7-10-13-16-19-22-25-28-29-30-32-35-38-41-44-47-50-53-60(65)66-56(51-48-45-42-39-36-33-31-26-23-20-17-14-11-8-5-2)54-59(64)61-57(55-62)58(63)52-49-46-43-40-37-34-27-24-21-18-15-12-9-6-3/h10,13,16,19,22,25-26,28-32,56-58,62-63H,4-9,11-12,14-15,17-18,20-21,23-24,27,33-55H2,1-3H3,(H,61,64)/b13-10+,19-16+,25-22+,29-28+,31-26+,32-30+. The molecule has 0 aliphatic carbocycles. The number of hydrogen-bond acceptors (Lipinski definition) is 5. The summed E-state index contributed by atoms with van der Waals surface area (Å²) in [7, 11) is 0. The first kappa shape index (κ1) is 63.3. The number of nitrogens with one attached hydrogen (secondary N) is 1. The summed E-state index contributed by atoms with van der Waals surface area (Å²) in [6.45, 7) is 6.40. The first-order valence-electron chi connectivity index (χ1n) is 28.2. The maximum atomic E-state index is 13.3. The summed E-state index contributed by atoms with van der Waals surface area (Å²) in [5.41, 5.74) is 0. The first-order valence-corrected chi connectivity index (χ1v) is 28.2. The van der Waals surface area contributed by atoms with Crippen molar-refractivity contribution in [3.63, 3.8) is 0 Å². The molecule has 66 heavy (non-hydrogen) atoms. The Balaban J connectivity index is 4.64. The van der Waals surface area contributed by atoms with Gasteiger partial charge in [-0.2, -0.15) is 0 Å². The molecule has 6 nitrogen and oxygen atoms in total. The van der Waals surface area contributed by atoms with Gasteiger partial charge in [0.2, 0.25) is 5.91 Å². The first-order chi connectivity index (χ1) is 32.5. The van der Waals surface area contributed by atoms with Crippen molar-refractivity contribution in [2.75, 3.05) is 6.61 Å². The van der Waals surface area contributed by atoms with Crippen LogP contribution in [0.3, 0.4) is 0 Å². The molecule has 1 amide bonds. The minimum atomic E-state index is -0.798. The van der Waals surface area contributed by atoms with Crippen LogP contribution in [0.4, 0.5) is 0 Å². The summed E-state index contributed by atoms with van der Waals surface area (Å²) < 4.78 is 5.95. The van der Waals surface area contributed by atoms with Gasteiger partial charge in [-0.1, -0.05) is 261 Å². The minimum Gasteiger partial charge on any atom is -0.462 e. The maximum Gasteiger partial charge on any atom is 0.306 e. The number of carbonyl (C=O) groups is 2. The van der Waals surface area contributed by atoms with Crippen LogP contribution in [0.2, 0.25) is 0 Å². The zero-order valence-electron chi connectivity index (χ0n) is 43.6. The third kappa shape index (κ3) is 47.8. The fourth-order valence-corrected chi connectivity index (χ4v) is 8.34. The van der Waals surface area contributed by atoms with Crippen molar-refractivity contribution in [1.29, 1.82) is 0 Å². The molecular weight excluding hydrogens is 815 g/mol. The molecule has 0 aromatic carbocycles. The second-order valence-corrected chi connectivity index (χ2v) is 19.1. The lowest BCUT2D eigenvalue weighted by Crippen LogP contribution is -2.46. The fraction of sp³-hybridized carbons (Fsp3) is 0.767. The van der Waals surface area contributed by atoms with Crippen LogP contribution in [-0.2, 0) is 14.3 Å². The zero-order chi connectivity index (χ0) is 48.1. The average Bonchev–Trinajstić information content (AvgIpc) is 3.31. The highest BCUT2D eigenvalue weighted by Gasteiger charge is 2.24. The number of hydrogen-bond donors (Lipinski definition) is 3. The number of unbranched alkanes of at least 4 members (excludes halogenated alkanes) is 30. The molecule has 3 unspecified atom stereocenters. The normalized spacial score (nSPS) is 13.7. The highest BCUT2D eigenvalue weighted by molar-refractivity contribution is 5.77. The topological polar surface area (TPSA) is 95.9 Å². The molecule has 0 aromatic heterocycles. The molecule has 0 aliphatic rings. The minimum absolute atomic E-state index is 0.0595. The molecule has 0 heterocycles. The molecule has 0 fully saturated rings. The maximum absolute atomic E-state index is 13.3. The Morgan fingerprint density at radius 3 is 1.27 bits per heavy atom. The van der Waals surface area contributed by atoms with E-state index in [2.05, 4.69) is 74.7 Å². The van der Waals surface area contributed by atoms with Crippen molar-refractivity contribution in [3.05, 3.63) is 72.9 Å². The van der Waals surface area contributed by atoms with E-state index in [1.165, 1.54) is 135 Å². The van der Waals surface area contributed by atoms with E-state index in [4.69, 9.17) is 4.74 Å². The molecule has 382 valence electrons. The van der Waals surface area contributed by atoms with E-state index in [0.29, 0.717) is 19.3 Å². The summed E-state index contributed by atoms with van der Waals surface area (Å²) in [6.07, 6.45) is 68.1. The number of carbonyl (C=O) groups excluding carboxylic acids is 2. The smallest absolute Gasteiger partial charge is 0.306 e. The summed E-state index contributed by atoms with van der Waals surface area (Å²) in [5, 5.41) is 23.9. The molecule has 0 radical (unpaired) electrons. The van der Waals surface area contributed by atoms with Gasteiger partial charge in [0.15, 0.2) is 0 Å². The summed E-state index contributed by atoms with van der Waals surface area (Å²) in [6, 6.07) is -0.713. The molecule has 0 aliphatic heterocycles. The van der Waals surface area contributed by atoms with Crippen LogP contribution >= 0.6 is 0 Å². The molecule has 0 saturated heterocycles. The fourth-order valence-electron chi connectivity index (χ4n) is 8.34. The van der Waals surface area contributed by atoms with Crippen molar-refractivity contribution >= 4 is 11.9 Å². The van der Waals surface area contributed by atoms with E-state index in [1.807, 2.05) is 24.3 Å². The third-order valence-electron chi connectivity index (χ3n) is 12.6. The van der Waals surface area contributed by atoms with Gasteiger partial charge in [0.25, 0.3) is 0 Å². The molecule has 0 bridgehead atoms. The average molecular weight is 923 g/mol. The number of allylic oxidation sites excluding steroid dienone is 12. The van der Waals surface area contributed by atoms with E-state index < -0.39 is 18.2 Å². The van der Waals surface area contributed by atoms with Crippen molar-refractivity contribution in [2.45, 2.75) is 289 Å². The molecule has 6 heteroatoms. The van der Waals surface area contributed by atoms with E-state index in [1.54, 1.807) is 0 Å². The second kappa shape index (κ2) is 53.3. The Hall–Kier alpha value is -2.70. The van der Waals surface area contributed by atoms with Gasteiger partial charge in [-0.15, -0.1) is 0 Å². The number of rotatable bonds is 50. The quantitative estimate of drug-likeness (QED) is 0.0244. The molecule has 0 aromatic rings. The van der Waals surface area contributed by atoms with E-state index >= 15 is 0 Å². The van der Waals surface area contributed by atoms with Gasteiger partial charge in [0, 0.05) is 6.42 Å². The number of amides is 1. The van der Waals surface area contributed by atoms with Crippen LogP contribution in [0.1, 0.15) is 271 Å². The molecule has 0 spiro atoms. The number of esters is 1. The Morgan fingerprint density at radius 1 is 0.439 bits per heavy atom. The van der Waals surface area contributed by atoms with E-state index in [0.717, 1.165) is 89.9 Å². The number of aliphatic hydroxyl groups excluding tert-OH is 2. The van der Waals surface area contributed by atoms with Gasteiger partial charge in [-0.3, -0.25) is 9.59 Å². The van der Waals surface area contributed by atoms with Gasteiger partial charge in [-0.25, -0.2) is 0 Å². The third-order valence-corrected chi connectivity index (χ3v) is 12.6. The van der Waals surface area contributed by atoms with Gasteiger partial charge in [-0.05, 0) is 70.6 Å². The van der Waals surface area contributed by atoms with Crippen molar-refractivity contribution < 1.29 is 24.5 Å². The second-order valence-electron chi connectivity index (χ2n) is 19.1.